The van der Waals surface area contributed by atoms with Crippen molar-refractivity contribution < 1.29 is 23.9 Å². The highest BCUT2D eigenvalue weighted by Crippen LogP contribution is 2.20. The molecule has 0 spiro atoms. The lowest BCUT2D eigenvalue weighted by molar-refractivity contribution is -0.144. The fraction of sp³-hybridized carbons (Fsp3) is 0.391. The summed E-state index contributed by atoms with van der Waals surface area (Å²) in [5.74, 6) is -0.467. The van der Waals surface area contributed by atoms with Gasteiger partial charge in [0.2, 0.25) is 0 Å². The molecule has 3 rings (SSSR count). The number of nitrogens with one attached hydrogen (secondary N) is 1. The molecule has 1 aromatic heterocycles. The molecule has 1 heterocycles. The molecule has 1 unspecified atom stereocenters. The molecule has 0 saturated carbocycles. The van der Waals surface area contributed by atoms with Gasteiger partial charge in [0, 0.05) is 24.7 Å². The molecule has 2 aromatic rings. The van der Waals surface area contributed by atoms with Crippen molar-refractivity contribution in [1.82, 2.24) is 10.3 Å². The Balaban J connectivity index is 1.57. The number of aromatic nitrogens is 1. The van der Waals surface area contributed by atoms with Crippen molar-refractivity contribution in [1.29, 1.82) is 0 Å². The van der Waals surface area contributed by atoms with Crippen LogP contribution in [0.25, 0.3) is 0 Å². The normalized spacial score (nSPS) is 15.8. The third-order valence-corrected chi connectivity index (χ3v) is 4.55. The Labute approximate surface area is 175 Å². The Morgan fingerprint density at radius 1 is 1.17 bits per heavy atom. The average Bonchev–Trinajstić information content (AvgIpc) is 2.66. The smallest absolute Gasteiger partial charge is 0.408 e. The monoisotopic (exact) mass is 410 g/mol. The summed E-state index contributed by atoms with van der Waals surface area (Å²) in [5.41, 5.74) is 2.48. The Morgan fingerprint density at radius 2 is 1.90 bits per heavy atom. The molecule has 158 valence electrons. The maximum atomic E-state index is 12.5. The van der Waals surface area contributed by atoms with Gasteiger partial charge in [-0.2, -0.15) is 0 Å². The van der Waals surface area contributed by atoms with E-state index in [9.17, 15) is 14.4 Å². The van der Waals surface area contributed by atoms with E-state index in [-0.39, 0.29) is 31.2 Å². The zero-order valence-corrected chi connectivity index (χ0v) is 17.4. The number of carbonyl (C=O) groups is 3. The first kappa shape index (κ1) is 21.5. The first-order chi connectivity index (χ1) is 14.2. The van der Waals surface area contributed by atoms with Crippen molar-refractivity contribution in [2.75, 3.05) is 0 Å². The third kappa shape index (κ3) is 6.14. The molecule has 0 aliphatic heterocycles. The Bertz CT molecular complexity index is 934. The van der Waals surface area contributed by atoms with Crippen molar-refractivity contribution in [2.45, 2.75) is 58.3 Å². The number of amides is 1. The van der Waals surface area contributed by atoms with Gasteiger partial charge in [-0.15, -0.1) is 0 Å². The summed E-state index contributed by atoms with van der Waals surface area (Å²) in [5, 5.41) is 2.62. The van der Waals surface area contributed by atoms with Gasteiger partial charge >= 0.3 is 12.1 Å². The molecule has 0 bridgehead atoms. The summed E-state index contributed by atoms with van der Waals surface area (Å²) in [6, 6.07) is 10.6. The van der Waals surface area contributed by atoms with Gasteiger partial charge in [-0.3, -0.25) is 14.6 Å². The molecule has 1 N–H and O–H groups in total. The first-order valence-corrected chi connectivity index (χ1v) is 9.88. The van der Waals surface area contributed by atoms with Crippen LogP contribution in [0.1, 0.15) is 43.2 Å². The molecule has 1 aliphatic rings. The van der Waals surface area contributed by atoms with Crippen LogP contribution in [-0.2, 0) is 44.9 Å². The van der Waals surface area contributed by atoms with Gasteiger partial charge in [-0.25, -0.2) is 4.79 Å². The summed E-state index contributed by atoms with van der Waals surface area (Å²) in [7, 11) is 0. The van der Waals surface area contributed by atoms with E-state index in [1.807, 2.05) is 36.4 Å². The van der Waals surface area contributed by atoms with E-state index in [0.29, 0.717) is 12.0 Å². The number of hydrogen-bond acceptors (Lipinski definition) is 6. The fourth-order valence-corrected chi connectivity index (χ4v) is 3.18. The number of ether oxygens (including phenoxy) is 2. The van der Waals surface area contributed by atoms with Crippen LogP contribution in [-0.4, -0.2) is 34.5 Å². The predicted molar refractivity (Wildman–Crippen MR) is 110 cm³/mol. The summed E-state index contributed by atoms with van der Waals surface area (Å²) < 4.78 is 10.5. The minimum absolute atomic E-state index is 0.0842. The molecule has 0 fully saturated rings. The van der Waals surface area contributed by atoms with Gasteiger partial charge in [-0.05, 0) is 37.5 Å². The number of carbonyl (C=O) groups excluding carboxylic acids is 3. The number of hydrogen-bond donors (Lipinski definition) is 1. The van der Waals surface area contributed by atoms with E-state index in [1.54, 1.807) is 27.0 Å². The molecule has 1 aliphatic carbocycles. The zero-order chi connectivity index (χ0) is 21.7. The van der Waals surface area contributed by atoms with Crippen molar-refractivity contribution in [3.8, 4) is 0 Å². The zero-order valence-electron chi connectivity index (χ0n) is 17.4. The Hall–Kier alpha value is -3.22. The number of alkyl carbamates (subject to hydrolysis) is 1. The molecule has 0 radical (unpaired) electrons. The minimum atomic E-state index is -0.665. The van der Waals surface area contributed by atoms with Crippen LogP contribution >= 0.6 is 0 Å². The molecular weight excluding hydrogens is 384 g/mol. The topological polar surface area (TPSA) is 94.6 Å². The maximum Gasteiger partial charge on any atom is 0.408 e. The Morgan fingerprint density at radius 3 is 2.60 bits per heavy atom. The van der Waals surface area contributed by atoms with Crippen LogP contribution in [0.3, 0.4) is 0 Å². The van der Waals surface area contributed by atoms with Crippen molar-refractivity contribution >= 4 is 17.8 Å². The molecule has 1 aromatic carbocycles. The van der Waals surface area contributed by atoms with E-state index >= 15 is 0 Å². The van der Waals surface area contributed by atoms with Gasteiger partial charge in [0.15, 0.2) is 5.78 Å². The van der Waals surface area contributed by atoms with Gasteiger partial charge in [0.25, 0.3) is 0 Å². The summed E-state index contributed by atoms with van der Waals surface area (Å²) in [4.78, 5) is 41.0. The lowest BCUT2D eigenvalue weighted by atomic mass is 9.90. The number of pyridine rings is 1. The third-order valence-electron chi connectivity index (χ3n) is 4.55. The van der Waals surface area contributed by atoms with Gasteiger partial charge < -0.3 is 14.8 Å². The summed E-state index contributed by atoms with van der Waals surface area (Å²) >= 11 is 0. The first-order valence-electron chi connectivity index (χ1n) is 9.88. The van der Waals surface area contributed by atoms with Crippen LogP contribution in [0.5, 0.6) is 0 Å². The molecular formula is C23H26N2O5. The van der Waals surface area contributed by atoms with Gasteiger partial charge in [-0.1, -0.05) is 36.4 Å². The molecule has 30 heavy (non-hydrogen) atoms. The number of esters is 1. The molecule has 7 heteroatoms. The van der Waals surface area contributed by atoms with Crippen molar-refractivity contribution in [3.63, 3.8) is 0 Å². The largest absolute Gasteiger partial charge is 0.461 e. The van der Waals surface area contributed by atoms with Gasteiger partial charge in [0.1, 0.15) is 12.2 Å². The van der Waals surface area contributed by atoms with E-state index in [2.05, 4.69) is 10.3 Å². The predicted octanol–water partition coefficient (Wildman–Crippen LogP) is 2.93. The van der Waals surface area contributed by atoms with E-state index in [4.69, 9.17) is 9.47 Å². The van der Waals surface area contributed by atoms with Crippen molar-refractivity contribution in [3.05, 3.63) is 65.0 Å². The number of ketones is 1. The minimum Gasteiger partial charge on any atom is -0.461 e. The lowest BCUT2D eigenvalue weighted by Crippen LogP contribution is -2.47. The van der Waals surface area contributed by atoms with Crippen LogP contribution in [0.2, 0.25) is 0 Å². The number of Topliss-reactive ketones (excluding diaryl/α,β-unsaturated/α-hetero) is 1. The van der Waals surface area contributed by atoms with Crippen LogP contribution in [0, 0.1) is 0 Å². The average molecular weight is 410 g/mol. The second-order valence-electron chi connectivity index (χ2n) is 8.32. The van der Waals surface area contributed by atoms with Crippen LogP contribution in [0.4, 0.5) is 4.79 Å². The SMILES string of the molecule is CC(C)(C)OC(=O)NC1Cc2ncc(CC(=O)OCc3ccccc3)cc2CC1=O. The maximum absolute atomic E-state index is 12.5. The number of fused-ring (bicyclic) bond motifs is 1. The fourth-order valence-electron chi connectivity index (χ4n) is 3.18. The van der Waals surface area contributed by atoms with Crippen LogP contribution < -0.4 is 5.32 Å². The molecule has 1 amide bonds. The highest BCUT2D eigenvalue weighted by atomic mass is 16.6. The standard InChI is InChI=1S/C23H26N2O5/c1-23(2,3)30-22(28)25-19-12-18-17(11-20(19)26)9-16(13-24-18)10-21(27)29-14-15-7-5-4-6-8-15/h4-9,13,19H,10-12,14H2,1-3H3,(H,25,28). The van der Waals surface area contributed by atoms with E-state index in [0.717, 1.165) is 16.8 Å². The molecule has 1 atom stereocenters. The van der Waals surface area contributed by atoms with E-state index < -0.39 is 17.7 Å². The highest BCUT2D eigenvalue weighted by molar-refractivity contribution is 5.91. The quantitative estimate of drug-likeness (QED) is 0.762. The second-order valence-corrected chi connectivity index (χ2v) is 8.32. The van der Waals surface area contributed by atoms with Crippen molar-refractivity contribution in [2.24, 2.45) is 0 Å². The Kier molecular flexibility index (Phi) is 6.50. The number of benzene rings is 1. The molecule has 0 saturated heterocycles. The lowest BCUT2D eigenvalue weighted by Gasteiger charge is -2.26. The van der Waals surface area contributed by atoms with Crippen LogP contribution in [0.15, 0.2) is 42.6 Å². The number of rotatable bonds is 5. The summed E-state index contributed by atoms with van der Waals surface area (Å²) in [6.07, 6.45) is 1.52. The number of nitrogens with zero attached hydrogens (tertiary/aromatic N) is 1. The molecule has 7 nitrogen and oxygen atoms in total. The van der Waals surface area contributed by atoms with Gasteiger partial charge in [0.05, 0.1) is 12.5 Å². The highest BCUT2D eigenvalue weighted by Gasteiger charge is 2.30. The van der Waals surface area contributed by atoms with E-state index in [1.165, 1.54) is 0 Å². The summed E-state index contributed by atoms with van der Waals surface area (Å²) in [6.45, 7) is 5.50. The second kappa shape index (κ2) is 9.07.